The molecule has 0 saturated carbocycles. The normalized spacial score (nSPS) is 11.4. The molecule has 0 aromatic carbocycles. The molecule has 0 fully saturated rings. The van der Waals surface area contributed by atoms with Crippen molar-refractivity contribution in [1.29, 1.82) is 0 Å². The lowest BCUT2D eigenvalue weighted by atomic mass is 10.4. The van der Waals surface area contributed by atoms with Crippen LogP contribution in [-0.2, 0) is 42.9 Å². The lowest BCUT2D eigenvalue weighted by Gasteiger charge is -2.10. The second kappa shape index (κ2) is 26.7. The Balaban J connectivity index is 3.42. The Morgan fingerprint density at radius 3 is 1.68 bits per heavy atom. The maximum atomic E-state index is 11.7. The largest absolute Gasteiger partial charge is 0.377 e. The first kappa shape index (κ1) is 36.1. The van der Waals surface area contributed by atoms with E-state index in [4.69, 9.17) is 18.9 Å². The molecule has 5 N–H and O–H groups in total. The summed E-state index contributed by atoms with van der Waals surface area (Å²) in [5.74, 6) is -0.0706. The highest BCUT2D eigenvalue weighted by Crippen LogP contribution is 2.02. The van der Waals surface area contributed by atoms with E-state index in [9.17, 15) is 24.0 Å². The summed E-state index contributed by atoms with van der Waals surface area (Å²) >= 11 is 1.33. The molecule has 0 bridgehead atoms. The molecule has 0 aromatic heterocycles. The number of rotatable bonds is 26. The van der Waals surface area contributed by atoms with Crippen LogP contribution in [0.2, 0.25) is 0 Å². The first-order chi connectivity index (χ1) is 18.4. The van der Waals surface area contributed by atoms with Gasteiger partial charge in [0.2, 0.25) is 23.6 Å². The standard InChI is InChI=1S/C22H42N5O9PS/c1-2-19(29)25-5-7-33-9-12-36-15-21(31)26-6-8-34-10-11-35-14-20(30)23-3-4-24-22(32)17-38-16-18(13-28)27-37/h13,18,27H,2-12,14-17,37H2,1H3,(H,23,30)(H,24,32)(H,25,29)(H,26,31)/t18-/m1/s1. The van der Waals surface area contributed by atoms with Crippen LogP contribution in [0.25, 0.3) is 0 Å². The summed E-state index contributed by atoms with van der Waals surface area (Å²) in [6, 6.07) is -0.315. The van der Waals surface area contributed by atoms with Gasteiger partial charge in [0.1, 0.15) is 19.5 Å². The second-order valence-electron chi connectivity index (χ2n) is 7.51. The van der Waals surface area contributed by atoms with Crippen LogP contribution < -0.4 is 26.4 Å². The first-order valence-corrected chi connectivity index (χ1v) is 14.0. The molecular weight excluding hydrogens is 541 g/mol. The predicted molar refractivity (Wildman–Crippen MR) is 146 cm³/mol. The molecule has 0 aromatic rings. The van der Waals surface area contributed by atoms with E-state index < -0.39 is 0 Å². The van der Waals surface area contributed by atoms with Gasteiger partial charge < -0.3 is 45.0 Å². The van der Waals surface area contributed by atoms with Crippen molar-refractivity contribution in [3.63, 3.8) is 0 Å². The third-order valence-electron chi connectivity index (χ3n) is 4.35. The van der Waals surface area contributed by atoms with Crippen molar-refractivity contribution in [2.75, 3.05) is 90.5 Å². The average Bonchev–Trinajstić information content (AvgIpc) is 2.91. The van der Waals surface area contributed by atoms with Gasteiger partial charge in [0.15, 0.2) is 0 Å². The first-order valence-electron chi connectivity index (χ1n) is 12.3. The Morgan fingerprint density at radius 1 is 0.711 bits per heavy atom. The summed E-state index contributed by atoms with van der Waals surface area (Å²) in [5, 5.41) is 13.4. The molecule has 0 saturated heterocycles. The number of carbonyl (C=O) groups is 5. The lowest BCUT2D eigenvalue weighted by molar-refractivity contribution is -0.127. The van der Waals surface area contributed by atoms with E-state index in [1.165, 1.54) is 11.8 Å². The van der Waals surface area contributed by atoms with Crippen molar-refractivity contribution in [2.45, 2.75) is 19.4 Å². The van der Waals surface area contributed by atoms with Crippen LogP contribution in [0.4, 0.5) is 0 Å². The van der Waals surface area contributed by atoms with Gasteiger partial charge in [-0.1, -0.05) is 16.3 Å². The van der Waals surface area contributed by atoms with Crippen LogP contribution in [-0.4, -0.2) is 126 Å². The highest BCUT2D eigenvalue weighted by molar-refractivity contribution is 8.00. The third kappa shape index (κ3) is 24.5. The molecule has 16 heteroatoms. The van der Waals surface area contributed by atoms with Gasteiger partial charge in [-0.3, -0.25) is 24.3 Å². The van der Waals surface area contributed by atoms with Crippen molar-refractivity contribution in [3.05, 3.63) is 0 Å². The average molecular weight is 584 g/mol. The van der Waals surface area contributed by atoms with Gasteiger partial charge >= 0.3 is 0 Å². The van der Waals surface area contributed by atoms with Crippen molar-refractivity contribution < 1.29 is 42.9 Å². The van der Waals surface area contributed by atoms with Gasteiger partial charge in [-0.2, -0.15) is 0 Å². The van der Waals surface area contributed by atoms with Crippen LogP contribution in [0.5, 0.6) is 0 Å². The van der Waals surface area contributed by atoms with E-state index in [1.807, 2.05) is 0 Å². The molecule has 0 spiro atoms. The molecule has 0 aliphatic heterocycles. The molecule has 38 heavy (non-hydrogen) atoms. The van der Waals surface area contributed by atoms with Gasteiger partial charge in [-0.15, -0.1) is 11.8 Å². The monoisotopic (exact) mass is 583 g/mol. The third-order valence-corrected chi connectivity index (χ3v) is 5.84. The zero-order valence-corrected chi connectivity index (χ0v) is 23.9. The van der Waals surface area contributed by atoms with Crippen molar-refractivity contribution in [1.82, 2.24) is 26.4 Å². The number of carbonyl (C=O) groups excluding carboxylic acids is 5. The van der Waals surface area contributed by atoms with Crippen LogP contribution in [0.3, 0.4) is 0 Å². The SMILES string of the molecule is CCC(=O)NCCOCCOCC(=O)NCCOCCOCC(=O)NCCNC(=O)CSC[C@@H](C=O)NP. The molecule has 1 unspecified atom stereocenters. The number of hydrogen-bond donors (Lipinski definition) is 5. The summed E-state index contributed by atoms with van der Waals surface area (Å²) in [6.45, 7) is 4.62. The van der Waals surface area contributed by atoms with E-state index in [2.05, 4.69) is 35.7 Å². The number of ether oxygens (including phenoxy) is 4. The van der Waals surface area contributed by atoms with E-state index in [-0.39, 0.29) is 88.2 Å². The van der Waals surface area contributed by atoms with Gasteiger partial charge in [-0.25, -0.2) is 0 Å². The van der Waals surface area contributed by atoms with Gasteiger partial charge in [0.25, 0.3) is 0 Å². The summed E-state index contributed by atoms with van der Waals surface area (Å²) in [4.78, 5) is 56.7. The van der Waals surface area contributed by atoms with Crippen molar-refractivity contribution in [2.24, 2.45) is 0 Å². The minimum Gasteiger partial charge on any atom is -0.377 e. The highest BCUT2D eigenvalue weighted by Gasteiger charge is 2.07. The predicted octanol–water partition coefficient (Wildman–Crippen LogP) is -2.39. The molecule has 14 nitrogen and oxygen atoms in total. The Bertz CT molecular complexity index is 679. The molecular formula is C22H42N5O9PS. The number of hydrogen-bond acceptors (Lipinski definition) is 11. The maximum Gasteiger partial charge on any atom is 0.246 e. The molecule has 0 aliphatic rings. The van der Waals surface area contributed by atoms with Crippen LogP contribution in [0.1, 0.15) is 13.3 Å². The summed E-state index contributed by atoms with van der Waals surface area (Å²) in [7, 11) is 2.26. The molecule has 2 atom stereocenters. The van der Waals surface area contributed by atoms with E-state index in [0.29, 0.717) is 38.5 Å². The van der Waals surface area contributed by atoms with Gasteiger partial charge in [0, 0.05) is 38.4 Å². The smallest absolute Gasteiger partial charge is 0.246 e. The van der Waals surface area contributed by atoms with Gasteiger partial charge in [0.05, 0.1) is 51.4 Å². The zero-order valence-electron chi connectivity index (χ0n) is 21.9. The molecule has 0 heterocycles. The number of thioether (sulfide) groups is 1. The fourth-order valence-electron chi connectivity index (χ4n) is 2.38. The number of nitrogens with one attached hydrogen (secondary N) is 5. The van der Waals surface area contributed by atoms with Crippen molar-refractivity contribution in [3.8, 4) is 0 Å². The quantitative estimate of drug-likeness (QED) is 0.0416. The summed E-state index contributed by atoms with van der Waals surface area (Å²) < 4.78 is 21.0. The van der Waals surface area contributed by atoms with Crippen LogP contribution in [0.15, 0.2) is 0 Å². The van der Waals surface area contributed by atoms with E-state index in [0.717, 1.165) is 6.29 Å². The summed E-state index contributed by atoms with van der Waals surface area (Å²) in [6.07, 6.45) is 1.21. The van der Waals surface area contributed by atoms with E-state index in [1.54, 1.807) is 6.92 Å². The molecule has 0 rings (SSSR count). The van der Waals surface area contributed by atoms with Crippen LogP contribution >= 0.6 is 21.2 Å². The lowest BCUT2D eigenvalue weighted by Crippen LogP contribution is -2.37. The van der Waals surface area contributed by atoms with Crippen LogP contribution in [0, 0.1) is 0 Å². The Hall–Kier alpha value is -1.87. The molecule has 220 valence electrons. The highest BCUT2D eigenvalue weighted by atomic mass is 32.2. The van der Waals surface area contributed by atoms with Gasteiger partial charge in [-0.05, 0) is 0 Å². The molecule has 0 radical (unpaired) electrons. The Morgan fingerprint density at radius 2 is 1.18 bits per heavy atom. The molecule has 0 aliphatic carbocycles. The number of amides is 4. The minimum absolute atomic E-state index is 0.0281. The van der Waals surface area contributed by atoms with E-state index >= 15 is 0 Å². The maximum absolute atomic E-state index is 11.7. The minimum atomic E-state index is -0.315. The fourth-order valence-corrected chi connectivity index (χ4v) is 3.58. The molecule has 4 amide bonds. The Labute approximate surface area is 230 Å². The zero-order chi connectivity index (χ0) is 28.3. The second-order valence-corrected chi connectivity index (χ2v) is 8.87. The fraction of sp³-hybridized carbons (Fsp3) is 0.773. The summed E-state index contributed by atoms with van der Waals surface area (Å²) in [5.41, 5.74) is 0. The number of aldehydes is 1. The Kier molecular flexibility index (Phi) is 25.4. The topological polar surface area (TPSA) is 182 Å². The van der Waals surface area contributed by atoms with Crippen molar-refractivity contribution >= 4 is 51.1 Å².